The van der Waals surface area contributed by atoms with Crippen molar-refractivity contribution in [2.24, 2.45) is 0 Å². The van der Waals surface area contributed by atoms with Gasteiger partial charge in [0.2, 0.25) is 5.78 Å². The zero-order chi connectivity index (χ0) is 11.5. The number of Topliss-reactive ketones (excluding diaryl/α,β-unsaturated/α-hetero) is 1. The predicted octanol–water partition coefficient (Wildman–Crippen LogP) is 0.791. The molecule has 0 bridgehead atoms. The Hall–Kier alpha value is -1.68. The van der Waals surface area contributed by atoms with E-state index in [4.69, 9.17) is 4.84 Å². The molecular weight excluding hydrogens is 206 g/mol. The van der Waals surface area contributed by atoms with Gasteiger partial charge in [0.1, 0.15) is 0 Å². The summed E-state index contributed by atoms with van der Waals surface area (Å²) in [7, 11) is 0. The summed E-state index contributed by atoms with van der Waals surface area (Å²) in [4.78, 5) is 26.8. The number of fused-ring (bicyclic) bond motifs is 1. The Bertz CT molecular complexity index is 403. The lowest BCUT2D eigenvalue weighted by Gasteiger charge is -2.09. The van der Waals surface area contributed by atoms with Crippen molar-refractivity contribution >= 4 is 11.7 Å². The second-order valence-corrected chi connectivity index (χ2v) is 3.90. The van der Waals surface area contributed by atoms with Crippen molar-refractivity contribution in [1.82, 2.24) is 5.48 Å². The van der Waals surface area contributed by atoms with Crippen molar-refractivity contribution < 1.29 is 14.4 Å². The van der Waals surface area contributed by atoms with Crippen LogP contribution in [0.25, 0.3) is 0 Å². The molecule has 0 fully saturated rings. The lowest BCUT2D eigenvalue weighted by Crippen LogP contribution is -2.33. The van der Waals surface area contributed by atoms with Crippen molar-refractivity contribution in [2.45, 2.75) is 25.9 Å². The van der Waals surface area contributed by atoms with Crippen LogP contribution < -0.4 is 5.48 Å². The fourth-order valence-electron chi connectivity index (χ4n) is 1.81. The van der Waals surface area contributed by atoms with Gasteiger partial charge in [0, 0.05) is 19.8 Å². The number of carbonyl (C=O) groups excluding carboxylic acids is 2. The van der Waals surface area contributed by atoms with Gasteiger partial charge in [-0.05, 0) is 11.1 Å². The molecule has 4 nitrogen and oxygen atoms in total. The minimum absolute atomic E-state index is 0.0688. The van der Waals surface area contributed by atoms with Crippen molar-refractivity contribution in [1.29, 1.82) is 0 Å². The SMILES string of the molecule is CC(=O)C(=O)NOC1Cc2ccccc2C1. The first-order valence-electron chi connectivity index (χ1n) is 5.20. The number of carbonyl (C=O) groups is 2. The molecule has 4 heteroatoms. The third-order valence-electron chi connectivity index (χ3n) is 2.65. The van der Waals surface area contributed by atoms with E-state index in [1.54, 1.807) is 0 Å². The van der Waals surface area contributed by atoms with E-state index in [9.17, 15) is 9.59 Å². The molecule has 1 aromatic carbocycles. The Labute approximate surface area is 93.6 Å². The molecule has 0 aliphatic heterocycles. The molecule has 16 heavy (non-hydrogen) atoms. The van der Waals surface area contributed by atoms with Gasteiger partial charge in [-0.25, -0.2) is 5.48 Å². The molecule has 0 aromatic heterocycles. The molecule has 1 aliphatic carbocycles. The summed E-state index contributed by atoms with van der Waals surface area (Å²) in [5.41, 5.74) is 4.65. The van der Waals surface area contributed by atoms with Gasteiger partial charge in [-0.3, -0.25) is 14.4 Å². The van der Waals surface area contributed by atoms with Crippen LogP contribution in [0.2, 0.25) is 0 Å². The number of amides is 1. The van der Waals surface area contributed by atoms with Crippen LogP contribution in [0.4, 0.5) is 0 Å². The van der Waals surface area contributed by atoms with Crippen LogP contribution in [0.15, 0.2) is 24.3 Å². The Balaban J connectivity index is 1.88. The molecule has 0 spiro atoms. The first kappa shape index (κ1) is 10.8. The number of hydroxylamine groups is 1. The minimum atomic E-state index is -0.698. The highest BCUT2D eigenvalue weighted by molar-refractivity contribution is 6.34. The Morgan fingerprint density at radius 3 is 2.31 bits per heavy atom. The summed E-state index contributed by atoms with van der Waals surface area (Å²) in [6, 6.07) is 8.06. The zero-order valence-corrected chi connectivity index (χ0v) is 9.03. The molecule has 0 unspecified atom stereocenters. The summed E-state index contributed by atoms with van der Waals surface area (Å²) < 4.78 is 0. The zero-order valence-electron chi connectivity index (χ0n) is 9.03. The molecule has 1 N–H and O–H groups in total. The number of nitrogens with one attached hydrogen (secondary N) is 1. The highest BCUT2D eigenvalue weighted by atomic mass is 16.7. The lowest BCUT2D eigenvalue weighted by molar-refractivity contribution is -0.147. The van der Waals surface area contributed by atoms with Crippen LogP contribution in [-0.4, -0.2) is 17.8 Å². The molecule has 1 amide bonds. The van der Waals surface area contributed by atoms with E-state index in [2.05, 4.69) is 5.48 Å². The third kappa shape index (κ3) is 2.28. The topological polar surface area (TPSA) is 55.4 Å². The normalized spacial score (nSPS) is 14.6. The smallest absolute Gasteiger partial charge is 0.289 e. The average molecular weight is 219 g/mol. The maximum absolute atomic E-state index is 11.0. The molecule has 1 aromatic rings. The quantitative estimate of drug-likeness (QED) is 0.604. The van der Waals surface area contributed by atoms with E-state index < -0.39 is 11.7 Å². The molecular formula is C12H13NO3. The summed E-state index contributed by atoms with van der Waals surface area (Å²) in [6.45, 7) is 1.21. The van der Waals surface area contributed by atoms with Gasteiger partial charge >= 0.3 is 5.91 Å². The van der Waals surface area contributed by atoms with E-state index in [-0.39, 0.29) is 6.10 Å². The van der Waals surface area contributed by atoms with Gasteiger partial charge in [-0.2, -0.15) is 0 Å². The van der Waals surface area contributed by atoms with Gasteiger partial charge in [-0.15, -0.1) is 0 Å². The van der Waals surface area contributed by atoms with Gasteiger partial charge in [0.05, 0.1) is 6.10 Å². The largest absolute Gasteiger partial charge is 0.310 e. The predicted molar refractivity (Wildman–Crippen MR) is 57.5 cm³/mol. The first-order valence-corrected chi connectivity index (χ1v) is 5.20. The maximum atomic E-state index is 11.0. The van der Waals surface area contributed by atoms with E-state index >= 15 is 0 Å². The van der Waals surface area contributed by atoms with Gasteiger partial charge in [0.25, 0.3) is 0 Å². The number of hydrogen-bond acceptors (Lipinski definition) is 3. The minimum Gasteiger partial charge on any atom is -0.289 e. The average Bonchev–Trinajstić information content (AvgIpc) is 2.68. The van der Waals surface area contributed by atoms with Crippen molar-refractivity contribution in [3.63, 3.8) is 0 Å². The highest BCUT2D eigenvalue weighted by Crippen LogP contribution is 2.22. The van der Waals surface area contributed by atoms with E-state index in [1.807, 2.05) is 24.3 Å². The Kier molecular flexibility index (Phi) is 3.01. The lowest BCUT2D eigenvalue weighted by atomic mass is 10.1. The van der Waals surface area contributed by atoms with E-state index in [1.165, 1.54) is 18.1 Å². The molecule has 0 saturated heterocycles. The van der Waals surface area contributed by atoms with Crippen LogP contribution >= 0.6 is 0 Å². The number of hydrogen-bond donors (Lipinski definition) is 1. The van der Waals surface area contributed by atoms with Crippen LogP contribution in [0, 0.1) is 0 Å². The van der Waals surface area contributed by atoms with E-state index in [0.717, 1.165) is 12.8 Å². The first-order chi connectivity index (χ1) is 7.66. The van der Waals surface area contributed by atoms with Crippen LogP contribution in [-0.2, 0) is 27.3 Å². The molecule has 84 valence electrons. The number of benzene rings is 1. The standard InChI is InChI=1S/C12H13NO3/c1-8(14)12(15)13-16-11-6-9-4-2-3-5-10(9)7-11/h2-5,11H,6-7H2,1H3,(H,13,15). The highest BCUT2D eigenvalue weighted by Gasteiger charge is 2.22. The summed E-state index contributed by atoms with van der Waals surface area (Å²) in [5.74, 6) is -1.24. The van der Waals surface area contributed by atoms with Crippen LogP contribution in [0.3, 0.4) is 0 Å². The van der Waals surface area contributed by atoms with Gasteiger partial charge in [0.15, 0.2) is 0 Å². The van der Waals surface area contributed by atoms with Crippen molar-refractivity contribution in [3.05, 3.63) is 35.4 Å². The number of ketones is 1. The monoisotopic (exact) mass is 219 g/mol. The Morgan fingerprint density at radius 1 is 1.25 bits per heavy atom. The molecule has 0 heterocycles. The fraction of sp³-hybridized carbons (Fsp3) is 0.333. The molecule has 0 atom stereocenters. The second kappa shape index (κ2) is 4.45. The van der Waals surface area contributed by atoms with Gasteiger partial charge in [-0.1, -0.05) is 24.3 Å². The Morgan fingerprint density at radius 2 is 1.81 bits per heavy atom. The molecule has 0 radical (unpaired) electrons. The second-order valence-electron chi connectivity index (χ2n) is 3.90. The van der Waals surface area contributed by atoms with Crippen LogP contribution in [0.1, 0.15) is 18.1 Å². The van der Waals surface area contributed by atoms with Gasteiger partial charge < -0.3 is 0 Å². The maximum Gasteiger partial charge on any atom is 0.310 e. The summed E-state index contributed by atoms with van der Waals surface area (Å²) in [6.07, 6.45) is 1.48. The molecule has 0 saturated carbocycles. The van der Waals surface area contributed by atoms with Crippen molar-refractivity contribution in [3.8, 4) is 0 Å². The van der Waals surface area contributed by atoms with E-state index in [0.29, 0.717) is 0 Å². The van der Waals surface area contributed by atoms with Crippen LogP contribution in [0.5, 0.6) is 0 Å². The molecule has 1 aliphatic rings. The van der Waals surface area contributed by atoms with Crippen molar-refractivity contribution in [2.75, 3.05) is 0 Å². The summed E-state index contributed by atoms with van der Waals surface area (Å²) in [5, 5.41) is 0. The molecule has 2 rings (SSSR count). The third-order valence-corrected chi connectivity index (χ3v) is 2.65. The fourth-order valence-corrected chi connectivity index (χ4v) is 1.81. The number of rotatable bonds is 3. The summed E-state index contributed by atoms with van der Waals surface area (Å²) >= 11 is 0.